The van der Waals surface area contributed by atoms with Gasteiger partial charge in [0.15, 0.2) is 0 Å². The molecule has 0 atom stereocenters. The van der Waals surface area contributed by atoms with Gasteiger partial charge in [-0.25, -0.2) is 0 Å². The van der Waals surface area contributed by atoms with Crippen LogP contribution < -0.4 is 11.1 Å². The number of rotatable bonds is 7. The maximum Gasteiger partial charge on any atom is 0.238 e. The molecule has 0 saturated carbocycles. The van der Waals surface area contributed by atoms with Crippen LogP contribution in [-0.4, -0.2) is 30.9 Å². The molecule has 1 aromatic carbocycles. The number of halogens is 1. The molecule has 0 saturated heterocycles. The second-order valence-electron chi connectivity index (χ2n) is 4.73. The van der Waals surface area contributed by atoms with Gasteiger partial charge < -0.3 is 11.1 Å². The smallest absolute Gasteiger partial charge is 0.238 e. The van der Waals surface area contributed by atoms with Gasteiger partial charge in [-0.05, 0) is 54.1 Å². The fourth-order valence-electron chi connectivity index (χ4n) is 1.78. The van der Waals surface area contributed by atoms with Crippen molar-refractivity contribution in [2.24, 2.45) is 0 Å². The van der Waals surface area contributed by atoms with Crippen molar-refractivity contribution in [2.45, 2.75) is 26.2 Å². The first-order chi connectivity index (χ1) is 9.02. The number of benzene rings is 1. The molecule has 106 valence electrons. The van der Waals surface area contributed by atoms with Crippen molar-refractivity contribution in [3.63, 3.8) is 0 Å². The summed E-state index contributed by atoms with van der Waals surface area (Å²) in [6.07, 6.45) is 3.53. The van der Waals surface area contributed by atoms with Crippen molar-refractivity contribution < 1.29 is 4.79 Å². The third kappa shape index (κ3) is 6.07. The fraction of sp³-hybridized carbons (Fsp3) is 0.500. The second kappa shape index (κ2) is 8.17. The highest BCUT2D eigenvalue weighted by atomic mass is 79.9. The number of nitrogens with one attached hydrogen (secondary N) is 1. The summed E-state index contributed by atoms with van der Waals surface area (Å²) in [5.74, 6) is -0.00975. The third-order valence-electron chi connectivity index (χ3n) is 2.82. The largest absolute Gasteiger partial charge is 0.399 e. The number of carbonyl (C=O) groups excluding carboxylic acids is 1. The Kier molecular flexibility index (Phi) is 6.87. The maximum absolute atomic E-state index is 11.9. The molecule has 0 aliphatic heterocycles. The zero-order valence-electron chi connectivity index (χ0n) is 11.6. The van der Waals surface area contributed by atoms with E-state index in [0.29, 0.717) is 12.2 Å². The van der Waals surface area contributed by atoms with Crippen LogP contribution in [0.4, 0.5) is 11.4 Å². The predicted octanol–water partition coefficient (Wildman–Crippen LogP) is 3.09. The second-order valence-corrected chi connectivity index (χ2v) is 5.59. The molecule has 0 bridgehead atoms. The maximum atomic E-state index is 11.9. The number of amides is 1. The number of nitrogens with two attached hydrogens (primary N) is 1. The van der Waals surface area contributed by atoms with Crippen molar-refractivity contribution in [1.29, 1.82) is 0 Å². The number of hydrogen-bond acceptors (Lipinski definition) is 3. The SMILES string of the molecule is CCCCCN(C)CC(=O)Nc1ccc(N)cc1Br. The summed E-state index contributed by atoms with van der Waals surface area (Å²) < 4.78 is 0.800. The monoisotopic (exact) mass is 327 g/mol. The number of nitrogen functional groups attached to an aromatic ring is 1. The van der Waals surface area contributed by atoms with Crippen molar-refractivity contribution in [2.75, 3.05) is 31.2 Å². The summed E-state index contributed by atoms with van der Waals surface area (Å²) in [4.78, 5) is 13.9. The summed E-state index contributed by atoms with van der Waals surface area (Å²) in [5.41, 5.74) is 7.08. The zero-order chi connectivity index (χ0) is 14.3. The van der Waals surface area contributed by atoms with E-state index in [0.717, 1.165) is 23.1 Å². The average Bonchev–Trinajstić information content (AvgIpc) is 2.33. The topological polar surface area (TPSA) is 58.4 Å². The van der Waals surface area contributed by atoms with E-state index >= 15 is 0 Å². The lowest BCUT2D eigenvalue weighted by Gasteiger charge is -2.16. The normalized spacial score (nSPS) is 10.7. The van der Waals surface area contributed by atoms with Gasteiger partial charge in [0.1, 0.15) is 0 Å². The van der Waals surface area contributed by atoms with Crippen molar-refractivity contribution >= 4 is 33.2 Å². The summed E-state index contributed by atoms with van der Waals surface area (Å²) in [6.45, 7) is 3.52. The minimum absolute atomic E-state index is 0.00975. The molecule has 1 amide bonds. The van der Waals surface area contributed by atoms with E-state index in [1.807, 2.05) is 11.9 Å². The molecule has 0 unspecified atom stereocenters. The molecule has 0 aromatic heterocycles. The van der Waals surface area contributed by atoms with E-state index < -0.39 is 0 Å². The Balaban J connectivity index is 2.42. The molecule has 0 fully saturated rings. The highest BCUT2D eigenvalue weighted by Gasteiger charge is 2.08. The summed E-state index contributed by atoms with van der Waals surface area (Å²) in [7, 11) is 1.97. The van der Waals surface area contributed by atoms with Gasteiger partial charge in [-0.15, -0.1) is 0 Å². The van der Waals surface area contributed by atoms with E-state index in [4.69, 9.17) is 5.73 Å². The minimum atomic E-state index is -0.00975. The Bertz CT molecular complexity index is 423. The van der Waals surface area contributed by atoms with Crippen molar-refractivity contribution in [3.05, 3.63) is 22.7 Å². The number of carbonyl (C=O) groups is 1. The van der Waals surface area contributed by atoms with Gasteiger partial charge >= 0.3 is 0 Å². The zero-order valence-corrected chi connectivity index (χ0v) is 13.2. The Morgan fingerprint density at radius 2 is 2.16 bits per heavy atom. The van der Waals surface area contributed by atoms with E-state index in [1.165, 1.54) is 12.8 Å². The number of anilines is 2. The first-order valence-corrected chi connectivity index (χ1v) is 7.35. The Labute approximate surface area is 123 Å². The molecule has 4 nitrogen and oxygen atoms in total. The molecule has 0 aliphatic carbocycles. The van der Waals surface area contributed by atoms with Crippen LogP contribution in [0.25, 0.3) is 0 Å². The molecule has 0 radical (unpaired) electrons. The van der Waals surface area contributed by atoms with Gasteiger partial charge in [-0.3, -0.25) is 9.69 Å². The first kappa shape index (κ1) is 16.0. The van der Waals surface area contributed by atoms with Crippen molar-refractivity contribution in [1.82, 2.24) is 4.90 Å². The van der Waals surface area contributed by atoms with Crippen LogP contribution in [0, 0.1) is 0 Å². The van der Waals surface area contributed by atoms with E-state index in [-0.39, 0.29) is 5.91 Å². The molecule has 0 aliphatic rings. The van der Waals surface area contributed by atoms with Crippen LogP contribution in [0.3, 0.4) is 0 Å². The quantitative estimate of drug-likeness (QED) is 0.597. The molecule has 1 aromatic rings. The van der Waals surface area contributed by atoms with E-state index in [1.54, 1.807) is 18.2 Å². The highest BCUT2D eigenvalue weighted by Crippen LogP contribution is 2.24. The molecule has 5 heteroatoms. The number of unbranched alkanes of at least 4 members (excludes halogenated alkanes) is 2. The third-order valence-corrected chi connectivity index (χ3v) is 3.48. The lowest BCUT2D eigenvalue weighted by atomic mass is 10.2. The van der Waals surface area contributed by atoms with Crippen LogP contribution in [0.1, 0.15) is 26.2 Å². The number of nitrogens with zero attached hydrogens (tertiary/aromatic N) is 1. The summed E-state index contributed by atoms with van der Waals surface area (Å²) in [5, 5.41) is 2.88. The van der Waals surface area contributed by atoms with Gasteiger partial charge in [0, 0.05) is 10.2 Å². The molecule has 3 N–H and O–H groups in total. The highest BCUT2D eigenvalue weighted by molar-refractivity contribution is 9.10. The lowest BCUT2D eigenvalue weighted by molar-refractivity contribution is -0.117. The molecular weight excluding hydrogens is 306 g/mol. The number of hydrogen-bond donors (Lipinski definition) is 2. The number of likely N-dealkylation sites (N-methyl/N-ethyl adjacent to an activating group) is 1. The van der Waals surface area contributed by atoms with Crippen LogP contribution in [0.5, 0.6) is 0 Å². The van der Waals surface area contributed by atoms with Gasteiger partial charge in [-0.2, -0.15) is 0 Å². The lowest BCUT2D eigenvalue weighted by Crippen LogP contribution is -2.31. The van der Waals surface area contributed by atoms with Crippen LogP contribution in [0.15, 0.2) is 22.7 Å². The van der Waals surface area contributed by atoms with Gasteiger partial charge in [0.2, 0.25) is 5.91 Å². The van der Waals surface area contributed by atoms with E-state index in [2.05, 4.69) is 28.2 Å². The van der Waals surface area contributed by atoms with Gasteiger partial charge in [0.25, 0.3) is 0 Å². The molecule has 19 heavy (non-hydrogen) atoms. The molecular formula is C14H22BrN3O. The summed E-state index contributed by atoms with van der Waals surface area (Å²) in [6, 6.07) is 5.35. The Morgan fingerprint density at radius 1 is 1.42 bits per heavy atom. The standard InChI is InChI=1S/C14H22BrN3O/c1-3-4-5-8-18(2)10-14(19)17-13-7-6-11(16)9-12(13)15/h6-7,9H,3-5,8,10,16H2,1-2H3,(H,17,19). The van der Waals surface area contributed by atoms with Crippen LogP contribution in [-0.2, 0) is 4.79 Å². The average molecular weight is 328 g/mol. The summed E-state index contributed by atoms with van der Waals surface area (Å²) >= 11 is 3.38. The van der Waals surface area contributed by atoms with Crippen LogP contribution >= 0.6 is 15.9 Å². The fourth-order valence-corrected chi connectivity index (χ4v) is 2.27. The van der Waals surface area contributed by atoms with Crippen LogP contribution in [0.2, 0.25) is 0 Å². The minimum Gasteiger partial charge on any atom is -0.399 e. The molecule has 1 rings (SSSR count). The molecule has 0 spiro atoms. The Morgan fingerprint density at radius 3 is 2.79 bits per heavy atom. The molecule has 0 heterocycles. The predicted molar refractivity (Wildman–Crippen MR) is 84.2 cm³/mol. The van der Waals surface area contributed by atoms with E-state index in [9.17, 15) is 4.79 Å². The van der Waals surface area contributed by atoms with Gasteiger partial charge in [-0.1, -0.05) is 19.8 Å². The Hall–Kier alpha value is -1.07. The van der Waals surface area contributed by atoms with Gasteiger partial charge in [0.05, 0.1) is 12.2 Å². The first-order valence-electron chi connectivity index (χ1n) is 6.56. The van der Waals surface area contributed by atoms with Crippen molar-refractivity contribution in [3.8, 4) is 0 Å².